The first-order valence-electron chi connectivity index (χ1n) is 20.6. The van der Waals surface area contributed by atoms with Crippen molar-refractivity contribution in [2.45, 2.75) is 51.5 Å². The topological polar surface area (TPSA) is 311 Å². The van der Waals surface area contributed by atoms with Crippen LogP contribution in [0.2, 0.25) is 0 Å². The summed E-state index contributed by atoms with van der Waals surface area (Å²) in [5, 5.41) is 53.0. The van der Waals surface area contributed by atoms with Crippen LogP contribution in [0.1, 0.15) is 79.0 Å². The van der Waals surface area contributed by atoms with E-state index in [9.17, 15) is 59.0 Å². The van der Waals surface area contributed by atoms with Crippen molar-refractivity contribution < 1.29 is 68.0 Å². The molecule has 0 aliphatic rings. The number of aromatic carboxylic acids is 1. The maximum atomic E-state index is 13.6. The molecule has 5 aromatic rings. The van der Waals surface area contributed by atoms with Crippen LogP contribution in [0.3, 0.4) is 0 Å². The van der Waals surface area contributed by atoms with Gasteiger partial charge in [0.1, 0.15) is 18.1 Å². The van der Waals surface area contributed by atoms with E-state index in [0.29, 0.717) is 6.42 Å². The lowest BCUT2D eigenvalue weighted by Crippen LogP contribution is -2.54. The van der Waals surface area contributed by atoms with Crippen molar-refractivity contribution in [1.82, 2.24) is 5.32 Å². The van der Waals surface area contributed by atoms with Gasteiger partial charge in [-0.25, -0.2) is 9.59 Å². The summed E-state index contributed by atoms with van der Waals surface area (Å²) in [5.41, 5.74) is 0.786. The molecule has 354 valence electrons. The number of hydrogen-bond donors (Lipinski definition) is 8. The molecule has 5 amide bonds. The van der Waals surface area contributed by atoms with Crippen LogP contribution >= 0.6 is 0 Å². The number of nitrogens with one attached hydrogen (secondary N) is 5. The fraction of sp³-hybridized carbons (Fsp3) is 0.213. The molecule has 5 rings (SSSR count). The number of amides is 5. The largest absolute Gasteiger partial charge is 0.490 e. The fourth-order valence-corrected chi connectivity index (χ4v) is 6.11. The molecule has 0 fully saturated rings. The van der Waals surface area contributed by atoms with Gasteiger partial charge in [0.15, 0.2) is 12.1 Å². The SMILES string of the molecule is CCC(C)Oc1cc(C(=O)O)ccc1NC(=O)c1ccc(NC(=O)c2ccc(NC(=O)C(OC)C(NC(=O)c3ccc(NC(=O)c4ccc([N+](=O)[O-])cc4)cc3)C(=O)O)cc2)cc1OCC(C)O. The fourth-order valence-electron chi connectivity index (χ4n) is 6.11. The number of nitro benzene ring substituents is 1. The predicted molar refractivity (Wildman–Crippen MR) is 246 cm³/mol. The summed E-state index contributed by atoms with van der Waals surface area (Å²) in [7, 11) is 1.07. The van der Waals surface area contributed by atoms with Gasteiger partial charge in [0.05, 0.1) is 33.9 Å². The van der Waals surface area contributed by atoms with Crippen molar-refractivity contribution in [3.8, 4) is 11.5 Å². The van der Waals surface area contributed by atoms with Crippen molar-refractivity contribution in [1.29, 1.82) is 0 Å². The summed E-state index contributed by atoms with van der Waals surface area (Å²) in [6.45, 7) is 4.93. The highest BCUT2D eigenvalue weighted by atomic mass is 16.6. The van der Waals surface area contributed by atoms with E-state index in [1.807, 2.05) is 6.92 Å². The van der Waals surface area contributed by atoms with Crippen molar-refractivity contribution in [3.63, 3.8) is 0 Å². The molecule has 21 heteroatoms. The third kappa shape index (κ3) is 13.4. The van der Waals surface area contributed by atoms with Crippen molar-refractivity contribution in [2.24, 2.45) is 0 Å². The molecule has 0 saturated carbocycles. The zero-order chi connectivity index (χ0) is 49.7. The molecule has 0 aliphatic carbocycles. The number of non-ortho nitro benzene ring substituents is 1. The van der Waals surface area contributed by atoms with Gasteiger partial charge in [-0.1, -0.05) is 6.92 Å². The number of carboxylic acid groups (broad SMARTS) is 2. The summed E-state index contributed by atoms with van der Waals surface area (Å²) in [6, 6.07) is 22.0. The molecule has 4 atom stereocenters. The van der Waals surface area contributed by atoms with Crippen molar-refractivity contribution in [3.05, 3.63) is 147 Å². The van der Waals surface area contributed by atoms with Crippen LogP contribution in [-0.2, 0) is 14.3 Å². The maximum absolute atomic E-state index is 13.6. The number of nitro groups is 1. The number of hydrogen-bond acceptors (Lipinski definition) is 13. The summed E-state index contributed by atoms with van der Waals surface area (Å²) in [4.78, 5) is 100. The molecule has 0 saturated heterocycles. The van der Waals surface area contributed by atoms with E-state index >= 15 is 0 Å². The lowest BCUT2D eigenvalue weighted by molar-refractivity contribution is -0.384. The van der Waals surface area contributed by atoms with Crippen LogP contribution in [0.5, 0.6) is 11.5 Å². The van der Waals surface area contributed by atoms with Gasteiger partial charge < -0.3 is 56.1 Å². The highest BCUT2D eigenvalue weighted by molar-refractivity contribution is 6.09. The van der Waals surface area contributed by atoms with Crippen LogP contribution in [0.25, 0.3) is 0 Å². The highest BCUT2D eigenvalue weighted by Crippen LogP contribution is 2.31. The quantitative estimate of drug-likeness (QED) is 0.0317. The van der Waals surface area contributed by atoms with Gasteiger partial charge in [-0.3, -0.25) is 34.1 Å². The normalized spacial score (nSPS) is 12.5. The van der Waals surface area contributed by atoms with Gasteiger partial charge in [0, 0.05) is 59.1 Å². The van der Waals surface area contributed by atoms with Gasteiger partial charge in [-0.15, -0.1) is 0 Å². The summed E-state index contributed by atoms with van der Waals surface area (Å²) in [5.74, 6) is -6.34. The van der Waals surface area contributed by atoms with Gasteiger partial charge in [-0.2, -0.15) is 0 Å². The van der Waals surface area contributed by atoms with Gasteiger partial charge in [0.25, 0.3) is 35.2 Å². The van der Waals surface area contributed by atoms with Crippen LogP contribution in [0.4, 0.5) is 28.4 Å². The number of nitrogens with zero attached hydrogens (tertiary/aromatic N) is 1. The Morgan fingerprint density at radius 3 is 1.71 bits per heavy atom. The summed E-state index contributed by atoms with van der Waals surface area (Å²) >= 11 is 0. The number of carbonyl (C=O) groups is 7. The average molecular weight is 935 g/mol. The first-order valence-corrected chi connectivity index (χ1v) is 20.6. The minimum absolute atomic E-state index is 0.00367. The first kappa shape index (κ1) is 50.3. The van der Waals surface area contributed by atoms with Gasteiger partial charge >= 0.3 is 11.9 Å². The Bertz CT molecular complexity index is 2690. The Labute approximate surface area is 387 Å². The number of carboxylic acids is 2. The number of benzene rings is 5. The molecular weight excluding hydrogens is 889 g/mol. The molecule has 0 radical (unpaired) electrons. The smallest absolute Gasteiger partial charge is 0.335 e. The number of carbonyl (C=O) groups excluding carboxylic acids is 5. The zero-order valence-electron chi connectivity index (χ0n) is 36.8. The number of aliphatic hydroxyl groups excluding tert-OH is 1. The van der Waals surface area contributed by atoms with E-state index in [2.05, 4.69) is 26.6 Å². The van der Waals surface area contributed by atoms with Crippen molar-refractivity contribution in [2.75, 3.05) is 35.0 Å². The molecule has 0 aliphatic heterocycles. The van der Waals surface area contributed by atoms with E-state index in [0.717, 1.165) is 7.11 Å². The Morgan fingerprint density at radius 2 is 1.18 bits per heavy atom. The molecule has 68 heavy (non-hydrogen) atoms. The third-order valence-corrected chi connectivity index (χ3v) is 9.87. The second-order valence-corrected chi connectivity index (χ2v) is 15.0. The standard InChI is InChI=1S/C47H46N6O15/c1-5-26(3)68-38-22-30(46(60)61)12-21-36(38)51-44(58)35-20-17-33(23-37(35)67-24-25(2)54)50-42(56)27-6-15-32(16-7-27)49-45(59)40(66-4)39(47(62)63)52-43(57)28-8-13-31(14-9-28)48-41(55)29-10-18-34(19-11-29)53(64)65/h6-23,25-26,39-40,54H,5,24H2,1-4H3,(H,48,55)(H,49,59)(H,50,56)(H,51,58)(H,52,57)(H,60,61)(H,62,63). The Morgan fingerprint density at radius 1 is 0.647 bits per heavy atom. The number of aliphatic hydroxyl groups is 1. The van der Waals surface area contributed by atoms with E-state index in [4.69, 9.17) is 14.2 Å². The average Bonchev–Trinajstić information content (AvgIpc) is 3.31. The van der Waals surface area contributed by atoms with Gasteiger partial charge in [0.2, 0.25) is 0 Å². The third-order valence-electron chi connectivity index (χ3n) is 9.87. The van der Waals surface area contributed by atoms with Gasteiger partial charge in [-0.05, 0) is 111 Å². The molecule has 0 heterocycles. The lowest BCUT2D eigenvalue weighted by Gasteiger charge is -2.23. The minimum atomic E-state index is -1.88. The van der Waals surface area contributed by atoms with E-state index in [1.165, 1.54) is 116 Å². The predicted octanol–water partition coefficient (Wildman–Crippen LogP) is 5.82. The molecule has 0 bridgehead atoms. The molecular formula is C47H46N6O15. The monoisotopic (exact) mass is 934 g/mol. The second kappa shape index (κ2) is 23.0. The van der Waals surface area contributed by atoms with Crippen LogP contribution in [-0.4, -0.2) is 99.8 Å². The molecule has 0 spiro atoms. The number of rotatable bonds is 21. The highest BCUT2D eigenvalue weighted by Gasteiger charge is 2.36. The molecule has 21 nitrogen and oxygen atoms in total. The molecule has 8 N–H and O–H groups in total. The zero-order valence-corrected chi connectivity index (χ0v) is 36.8. The lowest BCUT2D eigenvalue weighted by atomic mass is 10.1. The second-order valence-electron chi connectivity index (χ2n) is 15.0. The van der Waals surface area contributed by atoms with Crippen molar-refractivity contribution >= 4 is 69.9 Å². The van der Waals surface area contributed by atoms with Crippen LogP contribution in [0, 0.1) is 10.1 Å². The number of methoxy groups -OCH3 is 1. The minimum Gasteiger partial charge on any atom is -0.490 e. The molecule has 5 aromatic carbocycles. The molecule has 0 aromatic heterocycles. The summed E-state index contributed by atoms with van der Waals surface area (Å²) < 4.78 is 16.8. The van der Waals surface area contributed by atoms with Crippen LogP contribution in [0.15, 0.2) is 109 Å². The van der Waals surface area contributed by atoms with E-state index in [-0.39, 0.29) is 80.5 Å². The number of aliphatic carboxylic acids is 1. The number of anilines is 4. The Hall–Kier alpha value is -8.69. The van der Waals surface area contributed by atoms with E-state index in [1.54, 1.807) is 6.92 Å². The van der Waals surface area contributed by atoms with Crippen LogP contribution < -0.4 is 36.1 Å². The first-order chi connectivity index (χ1) is 32.4. The maximum Gasteiger partial charge on any atom is 0.335 e. The molecule has 4 unspecified atom stereocenters. The number of ether oxygens (including phenoxy) is 3. The summed E-state index contributed by atoms with van der Waals surface area (Å²) in [6.07, 6.45) is -2.37. The Balaban J connectivity index is 1.22. The van der Waals surface area contributed by atoms with E-state index < -0.39 is 64.6 Å². The Kier molecular flexibility index (Phi) is 17.0.